The van der Waals surface area contributed by atoms with Gasteiger partial charge in [-0.3, -0.25) is 4.90 Å². The highest BCUT2D eigenvalue weighted by Gasteiger charge is 2.30. The van der Waals surface area contributed by atoms with Crippen molar-refractivity contribution >= 4 is 0 Å². The Bertz CT molecular complexity index is 372. The van der Waals surface area contributed by atoms with E-state index in [9.17, 15) is 5.11 Å². The van der Waals surface area contributed by atoms with Gasteiger partial charge in [-0.15, -0.1) is 0 Å². The van der Waals surface area contributed by atoms with Gasteiger partial charge in [0.1, 0.15) is 0 Å². The molecule has 0 radical (unpaired) electrons. The molecular formula is C16H26N2O. The van der Waals surface area contributed by atoms with E-state index in [1.54, 1.807) is 0 Å². The smallest absolute Gasteiger partial charge is 0.0994 e. The van der Waals surface area contributed by atoms with Gasteiger partial charge in [-0.1, -0.05) is 37.3 Å². The zero-order valence-electron chi connectivity index (χ0n) is 12.1. The Labute approximate surface area is 116 Å². The van der Waals surface area contributed by atoms with Crippen LogP contribution >= 0.6 is 0 Å². The van der Waals surface area contributed by atoms with Crippen molar-refractivity contribution in [3.63, 3.8) is 0 Å². The molecule has 1 aliphatic rings. The summed E-state index contributed by atoms with van der Waals surface area (Å²) >= 11 is 0. The second kappa shape index (κ2) is 6.51. The molecule has 3 nitrogen and oxygen atoms in total. The largest absolute Gasteiger partial charge is 0.384 e. The Morgan fingerprint density at radius 2 is 2.11 bits per heavy atom. The maximum atomic E-state index is 10.8. The second-order valence-corrected chi connectivity index (χ2v) is 5.76. The molecule has 2 N–H and O–H groups in total. The topological polar surface area (TPSA) is 35.5 Å². The van der Waals surface area contributed by atoms with E-state index in [-0.39, 0.29) is 0 Å². The van der Waals surface area contributed by atoms with E-state index >= 15 is 0 Å². The van der Waals surface area contributed by atoms with E-state index in [2.05, 4.69) is 17.1 Å². The molecule has 1 heterocycles. The Morgan fingerprint density at radius 1 is 1.37 bits per heavy atom. The summed E-state index contributed by atoms with van der Waals surface area (Å²) < 4.78 is 0. The van der Waals surface area contributed by atoms with Gasteiger partial charge >= 0.3 is 0 Å². The highest BCUT2D eigenvalue weighted by atomic mass is 16.3. The highest BCUT2D eigenvalue weighted by Crippen LogP contribution is 2.23. The summed E-state index contributed by atoms with van der Waals surface area (Å²) in [5.74, 6) is 0. The Morgan fingerprint density at radius 3 is 2.68 bits per heavy atom. The third-order valence-corrected chi connectivity index (χ3v) is 3.97. The zero-order valence-corrected chi connectivity index (χ0v) is 12.1. The molecule has 1 aliphatic heterocycles. The van der Waals surface area contributed by atoms with Crippen LogP contribution in [0.3, 0.4) is 0 Å². The van der Waals surface area contributed by atoms with Crippen LogP contribution in [0.15, 0.2) is 30.3 Å². The van der Waals surface area contributed by atoms with E-state index in [0.29, 0.717) is 12.6 Å². The van der Waals surface area contributed by atoms with Gasteiger partial charge < -0.3 is 10.4 Å². The molecule has 0 bridgehead atoms. The summed E-state index contributed by atoms with van der Waals surface area (Å²) in [5.41, 5.74) is 0.223. The van der Waals surface area contributed by atoms with E-state index in [0.717, 1.165) is 31.6 Å². The third-order valence-electron chi connectivity index (χ3n) is 3.97. The maximum Gasteiger partial charge on any atom is 0.0994 e. The first-order valence-corrected chi connectivity index (χ1v) is 7.36. The monoisotopic (exact) mass is 262 g/mol. The zero-order chi connectivity index (χ0) is 13.7. The molecule has 0 amide bonds. The molecule has 2 atom stereocenters. The van der Waals surface area contributed by atoms with Crippen LogP contribution in [-0.4, -0.2) is 42.2 Å². The van der Waals surface area contributed by atoms with Gasteiger partial charge in [0.2, 0.25) is 0 Å². The average Bonchev–Trinajstić information content (AvgIpc) is 2.93. The van der Waals surface area contributed by atoms with Gasteiger partial charge in [0.15, 0.2) is 0 Å². The van der Waals surface area contributed by atoms with Crippen molar-refractivity contribution in [3.05, 3.63) is 35.9 Å². The van der Waals surface area contributed by atoms with E-state index in [4.69, 9.17) is 0 Å². The van der Waals surface area contributed by atoms with Crippen molar-refractivity contribution in [1.29, 1.82) is 0 Å². The number of hydrogen-bond acceptors (Lipinski definition) is 3. The number of hydrogen-bond donors (Lipinski definition) is 2. The minimum Gasteiger partial charge on any atom is -0.384 e. The molecule has 1 aromatic rings. The van der Waals surface area contributed by atoms with Gasteiger partial charge in [-0.25, -0.2) is 0 Å². The maximum absolute atomic E-state index is 10.8. The van der Waals surface area contributed by atoms with Crippen molar-refractivity contribution in [3.8, 4) is 0 Å². The third kappa shape index (κ3) is 3.78. The van der Waals surface area contributed by atoms with Gasteiger partial charge in [-0.05, 0) is 38.4 Å². The molecule has 2 unspecified atom stereocenters. The molecule has 3 heteroatoms. The quantitative estimate of drug-likeness (QED) is 0.823. The summed E-state index contributed by atoms with van der Waals surface area (Å²) in [5, 5.41) is 14.2. The average molecular weight is 262 g/mol. The van der Waals surface area contributed by atoms with Gasteiger partial charge in [0, 0.05) is 19.1 Å². The first-order valence-electron chi connectivity index (χ1n) is 7.36. The van der Waals surface area contributed by atoms with Crippen LogP contribution in [0.5, 0.6) is 0 Å². The number of nitrogens with zero attached hydrogens (tertiary/aromatic N) is 1. The lowest BCUT2D eigenvalue weighted by Gasteiger charge is -2.35. The predicted octanol–water partition coefficient (Wildman–Crippen LogP) is 1.97. The fraction of sp³-hybridized carbons (Fsp3) is 0.625. The molecule has 0 aliphatic carbocycles. The van der Waals surface area contributed by atoms with Crippen LogP contribution in [0.4, 0.5) is 0 Å². The van der Waals surface area contributed by atoms with Crippen molar-refractivity contribution in [2.75, 3.05) is 26.2 Å². The van der Waals surface area contributed by atoms with Crippen LogP contribution in [0.25, 0.3) is 0 Å². The standard InChI is InChI=1S/C16H26N2O/c1-3-11-18(15-9-10-17-12-15)13-16(2,19)14-7-5-4-6-8-14/h4-8,15,17,19H,3,9-13H2,1-2H3. The van der Waals surface area contributed by atoms with Crippen LogP contribution in [-0.2, 0) is 5.60 Å². The molecule has 1 saturated heterocycles. The minimum atomic E-state index is -0.779. The molecule has 106 valence electrons. The fourth-order valence-corrected chi connectivity index (χ4v) is 2.91. The normalized spacial score (nSPS) is 22.6. The van der Waals surface area contributed by atoms with Gasteiger partial charge in [0.05, 0.1) is 5.60 Å². The number of nitrogens with one attached hydrogen (secondary N) is 1. The molecule has 0 saturated carbocycles. The summed E-state index contributed by atoms with van der Waals surface area (Å²) in [7, 11) is 0. The lowest BCUT2D eigenvalue weighted by atomic mass is 9.94. The summed E-state index contributed by atoms with van der Waals surface area (Å²) in [4.78, 5) is 2.44. The van der Waals surface area contributed by atoms with Crippen molar-refractivity contribution < 1.29 is 5.11 Å². The number of rotatable bonds is 6. The molecule has 19 heavy (non-hydrogen) atoms. The second-order valence-electron chi connectivity index (χ2n) is 5.76. The first-order chi connectivity index (χ1) is 9.13. The number of aliphatic hydroxyl groups is 1. The molecule has 2 rings (SSSR count). The lowest BCUT2D eigenvalue weighted by molar-refractivity contribution is 0.00430. The van der Waals surface area contributed by atoms with Gasteiger partial charge in [-0.2, -0.15) is 0 Å². The van der Waals surface area contributed by atoms with Crippen LogP contribution < -0.4 is 5.32 Å². The summed E-state index contributed by atoms with van der Waals surface area (Å²) in [6.07, 6.45) is 2.31. The molecule has 1 aromatic carbocycles. The van der Waals surface area contributed by atoms with Gasteiger partial charge in [0.25, 0.3) is 0 Å². The van der Waals surface area contributed by atoms with E-state index in [1.807, 2.05) is 37.3 Å². The van der Waals surface area contributed by atoms with Crippen molar-refractivity contribution in [2.24, 2.45) is 0 Å². The SMILES string of the molecule is CCCN(CC(C)(O)c1ccccc1)C1CCNC1. The molecule has 0 aromatic heterocycles. The Kier molecular flexibility index (Phi) is 4.97. The van der Waals surface area contributed by atoms with E-state index < -0.39 is 5.60 Å². The highest BCUT2D eigenvalue weighted by molar-refractivity contribution is 5.21. The molecule has 0 spiro atoms. The minimum absolute atomic E-state index is 0.565. The van der Waals surface area contributed by atoms with Crippen LogP contribution in [0.1, 0.15) is 32.3 Å². The summed E-state index contributed by atoms with van der Waals surface area (Å²) in [6, 6.07) is 10.6. The first kappa shape index (κ1) is 14.5. The molecule has 1 fully saturated rings. The Balaban J connectivity index is 2.06. The van der Waals surface area contributed by atoms with Crippen molar-refractivity contribution in [1.82, 2.24) is 10.2 Å². The Hall–Kier alpha value is -0.900. The van der Waals surface area contributed by atoms with Crippen molar-refractivity contribution in [2.45, 2.75) is 38.3 Å². The van der Waals surface area contributed by atoms with Crippen LogP contribution in [0, 0.1) is 0 Å². The number of benzene rings is 1. The fourth-order valence-electron chi connectivity index (χ4n) is 2.91. The summed E-state index contributed by atoms with van der Waals surface area (Å²) in [6.45, 7) is 8.02. The van der Waals surface area contributed by atoms with E-state index in [1.165, 1.54) is 6.42 Å². The predicted molar refractivity (Wildman–Crippen MR) is 79.2 cm³/mol. The van der Waals surface area contributed by atoms with Crippen LogP contribution in [0.2, 0.25) is 0 Å². The lowest BCUT2D eigenvalue weighted by Crippen LogP contribution is -2.45. The molecular weight excluding hydrogens is 236 g/mol.